The van der Waals surface area contributed by atoms with E-state index in [-0.39, 0.29) is 23.7 Å². The first-order chi connectivity index (χ1) is 19.3. The lowest BCUT2D eigenvalue weighted by molar-refractivity contribution is -0.121. The highest BCUT2D eigenvalue weighted by Gasteiger charge is 2.41. The molecule has 3 aromatic rings. The minimum absolute atomic E-state index is 0.0158. The minimum atomic E-state index is -0.701. The number of aryl methyl sites for hydroxylation is 3. The Hall–Kier alpha value is -4.29. The highest BCUT2D eigenvalue weighted by atomic mass is 32.2. The zero-order chi connectivity index (χ0) is 28.2. The molecule has 0 spiro atoms. The van der Waals surface area contributed by atoms with Gasteiger partial charge in [-0.15, -0.1) is 0 Å². The fraction of sp³-hybridized carbons (Fsp3) is 0.290. The number of carbonyl (C=O) groups excluding carboxylic acids is 4. The van der Waals surface area contributed by atoms with E-state index in [0.717, 1.165) is 65.6 Å². The number of imide groups is 1. The number of nitrogens with zero attached hydrogens (tertiary/aromatic N) is 3. The van der Waals surface area contributed by atoms with Crippen molar-refractivity contribution in [1.82, 2.24) is 4.98 Å². The second-order valence-corrected chi connectivity index (χ2v) is 11.1. The molecule has 0 radical (unpaired) electrons. The fourth-order valence-corrected chi connectivity index (χ4v) is 5.94. The van der Waals surface area contributed by atoms with Gasteiger partial charge in [-0.3, -0.25) is 14.4 Å². The zero-order valence-corrected chi connectivity index (χ0v) is 22.8. The van der Waals surface area contributed by atoms with Gasteiger partial charge in [0.1, 0.15) is 11.1 Å². The van der Waals surface area contributed by atoms with Crippen LogP contribution in [0.15, 0.2) is 59.6 Å². The standard InChI is InChI=1S/C31H27N3O5S/c1-19-7-9-20(10-8-19)26(35)18-39-31(38)21-11-13-24(14-12-21)34-28(36)16-27(30(34)37)40-29-23(17-32)15-22-5-3-2-4-6-25(22)33-29/h7-15,27H,2-6,16,18H2,1H3. The molecule has 1 aliphatic heterocycles. The topological polar surface area (TPSA) is 117 Å². The number of ether oxygens (including phenoxy) is 1. The number of fused-ring (bicyclic) bond motifs is 1. The van der Waals surface area contributed by atoms with E-state index >= 15 is 0 Å². The number of benzene rings is 2. The molecule has 2 amide bonds. The van der Waals surface area contributed by atoms with Gasteiger partial charge in [-0.05, 0) is 68.5 Å². The molecule has 8 nitrogen and oxygen atoms in total. The summed E-state index contributed by atoms with van der Waals surface area (Å²) < 4.78 is 5.16. The van der Waals surface area contributed by atoms with E-state index in [1.165, 1.54) is 24.3 Å². The Labute approximate surface area is 236 Å². The molecular weight excluding hydrogens is 526 g/mol. The number of ketones is 1. The largest absolute Gasteiger partial charge is 0.454 e. The fourth-order valence-electron chi connectivity index (χ4n) is 4.85. The Morgan fingerprint density at radius 3 is 2.45 bits per heavy atom. The van der Waals surface area contributed by atoms with Crippen LogP contribution >= 0.6 is 11.8 Å². The van der Waals surface area contributed by atoms with E-state index in [2.05, 4.69) is 6.07 Å². The highest BCUT2D eigenvalue weighted by molar-refractivity contribution is 8.00. The first-order valence-electron chi connectivity index (χ1n) is 13.2. The zero-order valence-electron chi connectivity index (χ0n) is 22.0. The van der Waals surface area contributed by atoms with Crippen LogP contribution in [0.25, 0.3) is 0 Å². The van der Waals surface area contributed by atoms with Crippen molar-refractivity contribution >= 4 is 41.0 Å². The molecule has 2 aromatic carbocycles. The molecule has 1 aliphatic carbocycles. The maximum atomic E-state index is 13.3. The molecule has 0 N–H and O–H groups in total. The molecule has 202 valence electrons. The Morgan fingerprint density at radius 1 is 1.02 bits per heavy atom. The number of thioether (sulfide) groups is 1. The van der Waals surface area contributed by atoms with Crippen LogP contribution in [0.1, 0.15) is 68.8 Å². The summed E-state index contributed by atoms with van der Waals surface area (Å²) in [5, 5.41) is 9.48. The Bertz CT molecular complexity index is 1530. The van der Waals surface area contributed by atoms with Crippen LogP contribution in [0.2, 0.25) is 0 Å². The Kier molecular flexibility index (Phi) is 8.08. The maximum Gasteiger partial charge on any atom is 0.338 e. The second-order valence-electron chi connectivity index (χ2n) is 9.91. The molecule has 40 heavy (non-hydrogen) atoms. The summed E-state index contributed by atoms with van der Waals surface area (Å²) in [4.78, 5) is 56.7. The van der Waals surface area contributed by atoms with Crippen molar-refractivity contribution in [1.29, 1.82) is 5.26 Å². The summed E-state index contributed by atoms with van der Waals surface area (Å²) in [6.07, 6.45) is 4.94. The van der Waals surface area contributed by atoms with E-state index in [1.54, 1.807) is 12.1 Å². The maximum absolute atomic E-state index is 13.3. The van der Waals surface area contributed by atoms with Gasteiger partial charge in [0.15, 0.2) is 12.4 Å². The summed E-state index contributed by atoms with van der Waals surface area (Å²) in [5.74, 6) is -1.76. The number of hydrogen-bond acceptors (Lipinski definition) is 8. The third-order valence-corrected chi connectivity index (χ3v) is 8.25. The highest BCUT2D eigenvalue weighted by Crippen LogP contribution is 2.36. The number of amides is 2. The number of hydrogen-bond donors (Lipinski definition) is 0. The van der Waals surface area contributed by atoms with Crippen LogP contribution in [0.5, 0.6) is 0 Å². The molecule has 0 saturated carbocycles. The van der Waals surface area contributed by atoms with Gasteiger partial charge in [0.05, 0.1) is 22.1 Å². The molecule has 2 heterocycles. The second kappa shape index (κ2) is 11.8. The lowest BCUT2D eigenvalue weighted by Gasteiger charge is -2.16. The molecule has 1 atom stereocenters. The van der Waals surface area contributed by atoms with E-state index in [9.17, 15) is 24.4 Å². The van der Waals surface area contributed by atoms with Gasteiger partial charge in [-0.25, -0.2) is 14.7 Å². The van der Waals surface area contributed by atoms with Crippen molar-refractivity contribution in [2.75, 3.05) is 11.5 Å². The summed E-state index contributed by atoms with van der Waals surface area (Å²) in [6.45, 7) is 1.52. The third-order valence-electron chi connectivity index (χ3n) is 7.06. The van der Waals surface area contributed by atoms with Gasteiger partial charge in [-0.2, -0.15) is 5.26 Å². The van der Waals surface area contributed by atoms with Crippen LogP contribution in [-0.4, -0.2) is 40.4 Å². The molecule has 0 bridgehead atoms. The van der Waals surface area contributed by atoms with E-state index in [0.29, 0.717) is 21.8 Å². The molecule has 5 rings (SSSR count). The van der Waals surface area contributed by atoms with Crippen LogP contribution in [0.3, 0.4) is 0 Å². The molecule has 1 unspecified atom stereocenters. The summed E-state index contributed by atoms with van der Waals surface area (Å²) in [6, 6.07) is 17.0. The van der Waals surface area contributed by atoms with E-state index < -0.39 is 23.7 Å². The van der Waals surface area contributed by atoms with Crippen molar-refractivity contribution in [3.8, 4) is 6.07 Å². The molecule has 9 heteroatoms. The molecular formula is C31H27N3O5S. The lowest BCUT2D eigenvalue weighted by atomic mass is 10.1. The van der Waals surface area contributed by atoms with Gasteiger partial charge < -0.3 is 4.74 Å². The Balaban J connectivity index is 1.24. The molecule has 1 saturated heterocycles. The summed E-state index contributed by atoms with van der Waals surface area (Å²) >= 11 is 1.16. The summed E-state index contributed by atoms with van der Waals surface area (Å²) in [5.41, 5.74) is 4.48. The molecule has 2 aliphatic rings. The quantitative estimate of drug-likeness (QED) is 0.174. The normalized spacial score (nSPS) is 16.7. The van der Waals surface area contributed by atoms with Gasteiger partial charge in [0, 0.05) is 17.7 Å². The van der Waals surface area contributed by atoms with Gasteiger partial charge >= 0.3 is 5.97 Å². The van der Waals surface area contributed by atoms with Crippen LogP contribution < -0.4 is 4.90 Å². The number of anilines is 1. The van der Waals surface area contributed by atoms with Crippen LogP contribution in [0.4, 0.5) is 5.69 Å². The number of carbonyl (C=O) groups is 4. The van der Waals surface area contributed by atoms with Gasteiger partial charge in [0.2, 0.25) is 11.8 Å². The predicted molar refractivity (Wildman–Crippen MR) is 149 cm³/mol. The Morgan fingerprint density at radius 2 is 1.73 bits per heavy atom. The third kappa shape index (κ3) is 5.82. The summed E-state index contributed by atoms with van der Waals surface area (Å²) in [7, 11) is 0. The van der Waals surface area contributed by atoms with Crippen LogP contribution in [0, 0.1) is 18.3 Å². The molecule has 1 fully saturated rings. The monoisotopic (exact) mass is 553 g/mol. The average Bonchev–Trinajstić information content (AvgIpc) is 3.10. The number of rotatable bonds is 7. The van der Waals surface area contributed by atoms with E-state index in [4.69, 9.17) is 9.72 Å². The van der Waals surface area contributed by atoms with Crippen molar-refractivity contribution in [2.24, 2.45) is 0 Å². The minimum Gasteiger partial charge on any atom is -0.454 e. The predicted octanol–water partition coefficient (Wildman–Crippen LogP) is 4.99. The number of Topliss-reactive ketones (excluding diaryl/α,β-unsaturated/α-hetero) is 1. The van der Waals surface area contributed by atoms with Crippen molar-refractivity contribution in [3.05, 3.63) is 88.1 Å². The van der Waals surface area contributed by atoms with Crippen molar-refractivity contribution < 1.29 is 23.9 Å². The van der Waals surface area contributed by atoms with Gasteiger partial charge in [0.25, 0.3) is 0 Å². The number of esters is 1. The lowest BCUT2D eigenvalue weighted by Crippen LogP contribution is -2.31. The van der Waals surface area contributed by atoms with Crippen LogP contribution in [-0.2, 0) is 27.2 Å². The van der Waals surface area contributed by atoms with E-state index in [1.807, 2.05) is 25.1 Å². The average molecular weight is 554 g/mol. The number of nitriles is 1. The van der Waals surface area contributed by atoms with Crippen molar-refractivity contribution in [3.63, 3.8) is 0 Å². The number of pyridine rings is 1. The smallest absolute Gasteiger partial charge is 0.338 e. The first kappa shape index (κ1) is 27.3. The van der Waals surface area contributed by atoms with Gasteiger partial charge in [-0.1, -0.05) is 48.0 Å². The number of aromatic nitrogens is 1. The molecule has 1 aromatic heterocycles. The van der Waals surface area contributed by atoms with Crippen molar-refractivity contribution in [2.45, 2.75) is 55.7 Å². The SMILES string of the molecule is Cc1ccc(C(=O)COC(=O)c2ccc(N3C(=O)CC(Sc4nc5c(cc4C#N)CCCCC5)C3=O)cc2)cc1. The first-order valence-corrected chi connectivity index (χ1v) is 14.1.